The van der Waals surface area contributed by atoms with Crippen molar-refractivity contribution in [3.05, 3.63) is 0 Å². The topological polar surface area (TPSA) is 93.1 Å². The van der Waals surface area contributed by atoms with Crippen molar-refractivity contribution in [2.75, 3.05) is 19.7 Å². The fourth-order valence-corrected chi connectivity index (χ4v) is 1.25. The standard InChI is InChI=1S/C14H25NO6/c1-10(2)9-20-12(18)8-15(7-6-11(16)17)13(19)21-14(3,4)5/h10H,6-9H2,1-5H3,(H,16,17). The Morgan fingerprint density at radius 3 is 2.19 bits per heavy atom. The first-order valence-corrected chi connectivity index (χ1v) is 6.86. The predicted molar refractivity (Wildman–Crippen MR) is 75.9 cm³/mol. The van der Waals surface area contributed by atoms with E-state index in [1.807, 2.05) is 13.8 Å². The van der Waals surface area contributed by atoms with E-state index in [1.54, 1.807) is 20.8 Å². The molecule has 0 atom stereocenters. The Labute approximate surface area is 125 Å². The van der Waals surface area contributed by atoms with Crippen molar-refractivity contribution in [1.82, 2.24) is 4.90 Å². The van der Waals surface area contributed by atoms with Crippen LogP contribution in [0.2, 0.25) is 0 Å². The SMILES string of the molecule is CC(C)COC(=O)CN(CCC(=O)O)C(=O)OC(C)(C)C. The van der Waals surface area contributed by atoms with Gasteiger partial charge in [-0.3, -0.25) is 14.5 Å². The van der Waals surface area contributed by atoms with Gasteiger partial charge in [0.15, 0.2) is 0 Å². The number of hydrogen-bond donors (Lipinski definition) is 1. The van der Waals surface area contributed by atoms with Gasteiger partial charge in [0.2, 0.25) is 0 Å². The van der Waals surface area contributed by atoms with Crippen LogP contribution in [0.4, 0.5) is 4.79 Å². The van der Waals surface area contributed by atoms with E-state index in [-0.39, 0.29) is 32.0 Å². The molecule has 7 nitrogen and oxygen atoms in total. The number of esters is 1. The Kier molecular flexibility index (Phi) is 7.76. The highest BCUT2D eigenvalue weighted by Crippen LogP contribution is 2.10. The minimum absolute atomic E-state index is 0.110. The van der Waals surface area contributed by atoms with Gasteiger partial charge in [-0.05, 0) is 26.7 Å². The number of carbonyl (C=O) groups excluding carboxylic acids is 2. The van der Waals surface area contributed by atoms with Crippen molar-refractivity contribution in [2.24, 2.45) is 5.92 Å². The van der Waals surface area contributed by atoms with Crippen molar-refractivity contribution in [1.29, 1.82) is 0 Å². The van der Waals surface area contributed by atoms with Crippen LogP contribution in [0, 0.1) is 5.92 Å². The molecule has 0 fully saturated rings. The fraction of sp³-hybridized carbons (Fsp3) is 0.786. The molecular formula is C14H25NO6. The summed E-state index contributed by atoms with van der Waals surface area (Å²) in [4.78, 5) is 35.3. The normalized spacial score (nSPS) is 11.1. The molecule has 122 valence electrons. The zero-order valence-electron chi connectivity index (χ0n) is 13.3. The molecule has 0 unspecified atom stereocenters. The molecule has 0 aromatic rings. The van der Waals surface area contributed by atoms with Crippen LogP contribution in [-0.4, -0.2) is 53.3 Å². The van der Waals surface area contributed by atoms with E-state index < -0.39 is 23.6 Å². The first kappa shape index (κ1) is 19.2. The lowest BCUT2D eigenvalue weighted by Crippen LogP contribution is -2.41. The van der Waals surface area contributed by atoms with Crippen molar-refractivity contribution in [3.63, 3.8) is 0 Å². The third kappa shape index (κ3) is 10.6. The van der Waals surface area contributed by atoms with Gasteiger partial charge in [0.25, 0.3) is 0 Å². The van der Waals surface area contributed by atoms with E-state index in [0.29, 0.717) is 0 Å². The summed E-state index contributed by atoms with van der Waals surface area (Å²) in [6.07, 6.45) is -0.998. The van der Waals surface area contributed by atoms with Crippen LogP contribution in [0.3, 0.4) is 0 Å². The molecule has 0 saturated carbocycles. The smallest absolute Gasteiger partial charge is 0.410 e. The largest absolute Gasteiger partial charge is 0.481 e. The lowest BCUT2D eigenvalue weighted by molar-refractivity contribution is -0.146. The molecule has 0 aliphatic heterocycles. The van der Waals surface area contributed by atoms with Gasteiger partial charge in [-0.1, -0.05) is 13.8 Å². The number of rotatable bonds is 7. The molecule has 0 radical (unpaired) electrons. The molecule has 0 rings (SSSR count). The molecule has 0 aliphatic carbocycles. The minimum atomic E-state index is -1.06. The quantitative estimate of drug-likeness (QED) is 0.722. The number of aliphatic carboxylic acids is 1. The summed E-state index contributed by atoms with van der Waals surface area (Å²) < 4.78 is 10.1. The zero-order valence-corrected chi connectivity index (χ0v) is 13.3. The number of amides is 1. The molecule has 1 N–H and O–H groups in total. The molecule has 0 spiro atoms. The van der Waals surface area contributed by atoms with Crippen LogP contribution in [0.25, 0.3) is 0 Å². The maximum Gasteiger partial charge on any atom is 0.410 e. The van der Waals surface area contributed by atoms with Crippen LogP contribution < -0.4 is 0 Å². The molecule has 0 aromatic carbocycles. The minimum Gasteiger partial charge on any atom is -0.481 e. The van der Waals surface area contributed by atoms with Crippen LogP contribution in [-0.2, 0) is 19.1 Å². The van der Waals surface area contributed by atoms with Gasteiger partial charge in [-0.2, -0.15) is 0 Å². The molecule has 0 aromatic heterocycles. The van der Waals surface area contributed by atoms with E-state index in [4.69, 9.17) is 14.6 Å². The average molecular weight is 303 g/mol. The van der Waals surface area contributed by atoms with Gasteiger partial charge in [0.1, 0.15) is 12.1 Å². The van der Waals surface area contributed by atoms with Crippen molar-refractivity contribution >= 4 is 18.0 Å². The van der Waals surface area contributed by atoms with Gasteiger partial charge in [-0.15, -0.1) is 0 Å². The second kappa shape index (κ2) is 8.49. The summed E-state index contributed by atoms with van der Waals surface area (Å²) in [7, 11) is 0. The van der Waals surface area contributed by atoms with E-state index >= 15 is 0 Å². The number of hydrogen-bond acceptors (Lipinski definition) is 5. The van der Waals surface area contributed by atoms with Gasteiger partial charge >= 0.3 is 18.0 Å². The van der Waals surface area contributed by atoms with Crippen molar-refractivity contribution in [2.45, 2.75) is 46.6 Å². The number of carbonyl (C=O) groups is 3. The maximum atomic E-state index is 11.9. The average Bonchev–Trinajstić information content (AvgIpc) is 2.29. The first-order valence-electron chi connectivity index (χ1n) is 6.86. The van der Waals surface area contributed by atoms with Gasteiger partial charge in [-0.25, -0.2) is 4.79 Å². The van der Waals surface area contributed by atoms with E-state index in [2.05, 4.69) is 0 Å². The summed E-state index contributed by atoms with van der Waals surface area (Å²) in [5, 5.41) is 8.69. The van der Waals surface area contributed by atoms with E-state index in [9.17, 15) is 14.4 Å². The van der Waals surface area contributed by atoms with Crippen LogP contribution in [0.15, 0.2) is 0 Å². The number of nitrogens with zero attached hydrogens (tertiary/aromatic N) is 1. The number of ether oxygens (including phenoxy) is 2. The fourth-order valence-electron chi connectivity index (χ4n) is 1.25. The Balaban J connectivity index is 4.61. The van der Waals surface area contributed by atoms with Crippen molar-refractivity contribution < 1.29 is 29.0 Å². The molecule has 0 aliphatic rings. The van der Waals surface area contributed by atoms with Crippen LogP contribution in [0.5, 0.6) is 0 Å². The molecule has 21 heavy (non-hydrogen) atoms. The molecule has 0 heterocycles. The lowest BCUT2D eigenvalue weighted by atomic mass is 10.2. The first-order chi connectivity index (χ1) is 9.51. The molecule has 1 amide bonds. The Morgan fingerprint density at radius 1 is 1.19 bits per heavy atom. The molecule has 7 heteroatoms. The summed E-state index contributed by atoms with van der Waals surface area (Å²) in [6.45, 7) is 8.68. The summed E-state index contributed by atoms with van der Waals surface area (Å²) >= 11 is 0. The number of carboxylic acid groups (broad SMARTS) is 1. The summed E-state index contributed by atoms with van der Waals surface area (Å²) in [5.74, 6) is -1.46. The highest BCUT2D eigenvalue weighted by molar-refractivity contribution is 5.78. The van der Waals surface area contributed by atoms with Gasteiger partial charge in [0, 0.05) is 6.54 Å². The summed E-state index contributed by atoms with van der Waals surface area (Å²) in [5.41, 5.74) is -0.722. The van der Waals surface area contributed by atoms with Gasteiger partial charge < -0.3 is 14.6 Å². The van der Waals surface area contributed by atoms with Gasteiger partial charge in [0.05, 0.1) is 13.0 Å². The highest BCUT2D eigenvalue weighted by Gasteiger charge is 2.25. The second-order valence-electron chi connectivity index (χ2n) is 6.12. The Hall–Kier alpha value is -1.79. The lowest BCUT2D eigenvalue weighted by Gasteiger charge is -2.26. The molecule has 0 saturated heterocycles. The van der Waals surface area contributed by atoms with E-state index in [0.717, 1.165) is 4.90 Å². The zero-order chi connectivity index (χ0) is 16.6. The summed E-state index contributed by atoms with van der Waals surface area (Å²) in [6, 6.07) is 0. The van der Waals surface area contributed by atoms with Crippen LogP contribution >= 0.6 is 0 Å². The van der Waals surface area contributed by atoms with E-state index in [1.165, 1.54) is 0 Å². The maximum absolute atomic E-state index is 11.9. The Morgan fingerprint density at radius 2 is 1.76 bits per heavy atom. The molecule has 0 bridgehead atoms. The molecular weight excluding hydrogens is 278 g/mol. The third-order valence-corrected chi connectivity index (χ3v) is 2.14. The predicted octanol–water partition coefficient (Wildman–Crippen LogP) is 1.90. The Bertz CT molecular complexity index is 372. The second-order valence-corrected chi connectivity index (χ2v) is 6.12. The van der Waals surface area contributed by atoms with Crippen molar-refractivity contribution in [3.8, 4) is 0 Å². The highest BCUT2D eigenvalue weighted by atomic mass is 16.6. The third-order valence-electron chi connectivity index (χ3n) is 2.14. The number of carboxylic acids is 1. The monoisotopic (exact) mass is 303 g/mol. The van der Waals surface area contributed by atoms with Crippen LogP contribution in [0.1, 0.15) is 41.0 Å².